The molecule has 82 valence electrons. The predicted octanol–water partition coefficient (Wildman–Crippen LogP) is 3.23. The van der Waals surface area contributed by atoms with Gasteiger partial charge >= 0.3 is 0 Å². The van der Waals surface area contributed by atoms with Gasteiger partial charge in [-0.1, -0.05) is 15.9 Å². The summed E-state index contributed by atoms with van der Waals surface area (Å²) >= 11 is 5.19. The van der Waals surface area contributed by atoms with E-state index in [0.29, 0.717) is 4.83 Å². The summed E-state index contributed by atoms with van der Waals surface area (Å²) in [6.07, 6.45) is 3.33. The molecule has 0 unspecified atom stereocenters. The van der Waals surface area contributed by atoms with Crippen molar-refractivity contribution >= 4 is 39.2 Å². The van der Waals surface area contributed by atoms with Gasteiger partial charge in [-0.2, -0.15) is 0 Å². The van der Waals surface area contributed by atoms with E-state index in [4.69, 9.17) is 0 Å². The van der Waals surface area contributed by atoms with Crippen molar-refractivity contribution in [2.24, 2.45) is 0 Å². The minimum Gasteiger partial charge on any atom is -0.371 e. The molecule has 1 aromatic rings. The zero-order valence-electron chi connectivity index (χ0n) is 8.70. The highest BCUT2D eigenvalue weighted by atomic mass is 79.9. The maximum atomic E-state index is 10.8. The summed E-state index contributed by atoms with van der Waals surface area (Å²) < 4.78 is 0. The van der Waals surface area contributed by atoms with Crippen LogP contribution in [0, 0.1) is 6.92 Å². The highest BCUT2D eigenvalue weighted by Crippen LogP contribution is 2.31. The monoisotopic (exact) mass is 287 g/mol. The van der Waals surface area contributed by atoms with Crippen LogP contribution in [0.3, 0.4) is 0 Å². The van der Waals surface area contributed by atoms with E-state index in [1.165, 1.54) is 18.5 Å². The average Bonchev–Trinajstić information content (AvgIpc) is 2.61. The number of carbonyl (C=O) groups is 1. The van der Waals surface area contributed by atoms with Gasteiger partial charge in [-0.05, 0) is 25.3 Å². The number of alkyl halides is 1. The van der Waals surface area contributed by atoms with E-state index in [-0.39, 0.29) is 0 Å². The number of nitrogens with zero attached hydrogens (tertiary/aromatic N) is 1. The Bertz CT molecular complexity index is 355. The van der Waals surface area contributed by atoms with E-state index in [0.717, 1.165) is 29.8 Å². The molecule has 1 aromatic heterocycles. The largest absolute Gasteiger partial charge is 0.371 e. The van der Waals surface area contributed by atoms with Gasteiger partial charge in [-0.25, -0.2) is 0 Å². The fourth-order valence-electron chi connectivity index (χ4n) is 1.94. The number of rotatable bonds is 2. The second-order valence-corrected chi connectivity index (χ2v) is 6.10. The van der Waals surface area contributed by atoms with Crippen molar-refractivity contribution in [3.8, 4) is 0 Å². The SMILES string of the molecule is Cc1c(N2CCC(Br)CC2)csc1C=O. The van der Waals surface area contributed by atoms with E-state index in [2.05, 4.69) is 26.2 Å². The Hall–Kier alpha value is -0.350. The summed E-state index contributed by atoms with van der Waals surface area (Å²) in [5.74, 6) is 0. The van der Waals surface area contributed by atoms with Crippen LogP contribution in [-0.4, -0.2) is 24.2 Å². The molecule has 1 fully saturated rings. The van der Waals surface area contributed by atoms with Crippen molar-refractivity contribution in [1.29, 1.82) is 0 Å². The molecule has 1 aliphatic rings. The van der Waals surface area contributed by atoms with Crippen molar-refractivity contribution in [1.82, 2.24) is 0 Å². The molecule has 0 bridgehead atoms. The molecule has 2 rings (SSSR count). The third-order valence-electron chi connectivity index (χ3n) is 2.92. The van der Waals surface area contributed by atoms with Crippen molar-refractivity contribution in [2.45, 2.75) is 24.6 Å². The predicted molar refractivity (Wildman–Crippen MR) is 68.6 cm³/mol. The average molecular weight is 288 g/mol. The van der Waals surface area contributed by atoms with Gasteiger partial charge in [0.2, 0.25) is 0 Å². The third kappa shape index (κ3) is 2.26. The number of halogens is 1. The van der Waals surface area contributed by atoms with Gasteiger partial charge in [0, 0.05) is 23.3 Å². The minimum atomic E-state index is 0.665. The Labute approximate surface area is 102 Å². The first kappa shape index (κ1) is 11.1. The van der Waals surface area contributed by atoms with E-state index in [1.54, 1.807) is 11.3 Å². The molecule has 0 radical (unpaired) electrons. The van der Waals surface area contributed by atoms with Crippen LogP contribution in [0.15, 0.2) is 5.38 Å². The highest BCUT2D eigenvalue weighted by molar-refractivity contribution is 9.09. The first-order valence-corrected chi connectivity index (χ1v) is 6.94. The van der Waals surface area contributed by atoms with E-state index < -0.39 is 0 Å². The van der Waals surface area contributed by atoms with Crippen molar-refractivity contribution in [3.63, 3.8) is 0 Å². The molecule has 0 saturated carbocycles. The van der Waals surface area contributed by atoms with Gasteiger partial charge in [0.1, 0.15) is 0 Å². The maximum Gasteiger partial charge on any atom is 0.160 e. The number of aldehydes is 1. The maximum absolute atomic E-state index is 10.8. The standard InChI is InChI=1S/C11H14BrNOS/c1-8-10(7-15-11(8)6-14)13-4-2-9(12)3-5-13/h6-7,9H,2-5H2,1H3. The molecule has 2 nitrogen and oxygen atoms in total. The fourth-order valence-corrected chi connectivity index (χ4v) is 3.25. The van der Waals surface area contributed by atoms with Gasteiger partial charge in [-0.15, -0.1) is 11.3 Å². The van der Waals surface area contributed by atoms with Crippen LogP contribution in [-0.2, 0) is 0 Å². The molecule has 0 spiro atoms. The lowest BCUT2D eigenvalue weighted by atomic mass is 10.1. The normalized spacial score (nSPS) is 18.1. The summed E-state index contributed by atoms with van der Waals surface area (Å²) in [6, 6.07) is 0. The van der Waals surface area contributed by atoms with Gasteiger partial charge < -0.3 is 4.90 Å². The van der Waals surface area contributed by atoms with Crippen LogP contribution in [0.5, 0.6) is 0 Å². The van der Waals surface area contributed by atoms with Gasteiger partial charge in [0.25, 0.3) is 0 Å². The molecule has 0 aromatic carbocycles. The first-order valence-electron chi connectivity index (χ1n) is 5.14. The van der Waals surface area contributed by atoms with E-state index in [1.807, 2.05) is 6.92 Å². The molecule has 2 heterocycles. The summed E-state index contributed by atoms with van der Waals surface area (Å²) in [7, 11) is 0. The van der Waals surface area contributed by atoms with Gasteiger partial charge in [-0.3, -0.25) is 4.79 Å². The molecular weight excluding hydrogens is 274 g/mol. The lowest BCUT2D eigenvalue weighted by Gasteiger charge is -2.31. The fraction of sp³-hybridized carbons (Fsp3) is 0.545. The van der Waals surface area contributed by atoms with Crippen LogP contribution in [0.25, 0.3) is 0 Å². The number of thiophene rings is 1. The second-order valence-electron chi connectivity index (χ2n) is 3.89. The van der Waals surface area contributed by atoms with Crippen molar-refractivity contribution < 1.29 is 4.79 Å². The number of carbonyl (C=O) groups excluding carboxylic acids is 1. The molecular formula is C11H14BrNOS. The van der Waals surface area contributed by atoms with Crippen LogP contribution >= 0.6 is 27.3 Å². The number of hydrogen-bond acceptors (Lipinski definition) is 3. The molecule has 0 N–H and O–H groups in total. The molecule has 1 saturated heterocycles. The first-order chi connectivity index (χ1) is 7.22. The Balaban J connectivity index is 2.15. The summed E-state index contributed by atoms with van der Waals surface area (Å²) in [6.45, 7) is 4.22. The lowest BCUT2D eigenvalue weighted by molar-refractivity contribution is 0.112. The molecule has 0 amide bonds. The van der Waals surface area contributed by atoms with E-state index >= 15 is 0 Å². The smallest absolute Gasteiger partial charge is 0.160 e. The van der Waals surface area contributed by atoms with Gasteiger partial charge in [0.15, 0.2) is 6.29 Å². The summed E-state index contributed by atoms with van der Waals surface area (Å²) in [5.41, 5.74) is 2.39. The van der Waals surface area contributed by atoms with Crippen LogP contribution < -0.4 is 4.90 Å². The lowest BCUT2D eigenvalue weighted by Crippen LogP contribution is -2.33. The Morgan fingerprint density at radius 2 is 2.20 bits per heavy atom. The summed E-state index contributed by atoms with van der Waals surface area (Å²) in [4.78, 5) is 14.7. The molecule has 0 aliphatic carbocycles. The molecule has 4 heteroatoms. The zero-order chi connectivity index (χ0) is 10.8. The van der Waals surface area contributed by atoms with Gasteiger partial charge in [0.05, 0.1) is 10.6 Å². The quantitative estimate of drug-likeness (QED) is 0.615. The van der Waals surface area contributed by atoms with Crippen molar-refractivity contribution in [3.05, 3.63) is 15.8 Å². The van der Waals surface area contributed by atoms with Crippen molar-refractivity contribution in [2.75, 3.05) is 18.0 Å². The number of hydrogen-bond donors (Lipinski definition) is 0. The molecule has 1 aliphatic heterocycles. The Morgan fingerprint density at radius 3 is 2.73 bits per heavy atom. The second kappa shape index (κ2) is 4.66. The Morgan fingerprint density at radius 1 is 1.53 bits per heavy atom. The number of piperidine rings is 1. The summed E-state index contributed by atoms with van der Waals surface area (Å²) in [5, 5.41) is 2.10. The molecule has 15 heavy (non-hydrogen) atoms. The zero-order valence-corrected chi connectivity index (χ0v) is 11.1. The topological polar surface area (TPSA) is 20.3 Å². The highest BCUT2D eigenvalue weighted by Gasteiger charge is 2.20. The van der Waals surface area contributed by atoms with E-state index in [9.17, 15) is 4.79 Å². The Kier molecular flexibility index (Phi) is 3.46. The minimum absolute atomic E-state index is 0.665. The molecule has 0 atom stereocenters. The van der Waals surface area contributed by atoms with Crippen LogP contribution in [0.1, 0.15) is 28.1 Å². The third-order valence-corrected chi connectivity index (χ3v) is 4.84. The van der Waals surface area contributed by atoms with Crippen LogP contribution in [0.4, 0.5) is 5.69 Å². The van der Waals surface area contributed by atoms with Crippen LogP contribution in [0.2, 0.25) is 0 Å². The number of anilines is 1.